The highest BCUT2D eigenvalue weighted by atomic mass is 16.5. The van der Waals surface area contributed by atoms with Gasteiger partial charge in [0.15, 0.2) is 0 Å². The van der Waals surface area contributed by atoms with Crippen molar-refractivity contribution >= 4 is 24.0 Å². The topological polar surface area (TPSA) is 72.9 Å². The Kier molecular flexibility index (Phi) is 4.42. The van der Waals surface area contributed by atoms with Gasteiger partial charge in [0.05, 0.1) is 25.3 Å². The number of ether oxygens (including phenoxy) is 2. The van der Waals surface area contributed by atoms with Crippen LogP contribution in [0.3, 0.4) is 0 Å². The Morgan fingerprint density at radius 1 is 1.06 bits per heavy atom. The number of anilines is 1. The zero-order valence-corrected chi connectivity index (χ0v) is 10.3. The monoisotopic (exact) mass is 251 g/mol. The van der Waals surface area contributed by atoms with Crippen LogP contribution in [-0.2, 0) is 14.3 Å². The zero-order valence-electron chi connectivity index (χ0n) is 10.3. The third kappa shape index (κ3) is 2.85. The van der Waals surface area contributed by atoms with Crippen LogP contribution >= 0.6 is 0 Å². The average Bonchev–Trinajstić information content (AvgIpc) is 2.43. The lowest BCUT2D eigenvalue weighted by molar-refractivity contribution is -0.107. The van der Waals surface area contributed by atoms with E-state index in [9.17, 15) is 14.4 Å². The van der Waals surface area contributed by atoms with E-state index in [4.69, 9.17) is 0 Å². The molecule has 0 saturated carbocycles. The van der Waals surface area contributed by atoms with Crippen LogP contribution in [0.2, 0.25) is 0 Å². The molecule has 0 aliphatic carbocycles. The fraction of sp³-hybridized carbons (Fsp3) is 0.250. The summed E-state index contributed by atoms with van der Waals surface area (Å²) in [5, 5.41) is 0. The first-order valence-electron chi connectivity index (χ1n) is 5.03. The molecule has 1 rings (SSSR count). The molecule has 6 nitrogen and oxygen atoms in total. The highest BCUT2D eigenvalue weighted by molar-refractivity contribution is 5.97. The Morgan fingerprint density at radius 2 is 1.50 bits per heavy atom. The van der Waals surface area contributed by atoms with Gasteiger partial charge >= 0.3 is 11.9 Å². The Labute approximate surface area is 104 Å². The number of amides is 1. The van der Waals surface area contributed by atoms with Crippen molar-refractivity contribution < 1.29 is 23.9 Å². The van der Waals surface area contributed by atoms with Gasteiger partial charge in [0.2, 0.25) is 6.41 Å². The van der Waals surface area contributed by atoms with E-state index in [2.05, 4.69) is 9.47 Å². The molecular formula is C12H13NO5. The van der Waals surface area contributed by atoms with Crippen LogP contribution < -0.4 is 4.90 Å². The molecule has 0 aromatic heterocycles. The molecule has 1 aromatic carbocycles. The van der Waals surface area contributed by atoms with Crippen molar-refractivity contribution in [1.29, 1.82) is 0 Å². The summed E-state index contributed by atoms with van der Waals surface area (Å²) < 4.78 is 9.15. The lowest BCUT2D eigenvalue weighted by atomic mass is 10.1. The van der Waals surface area contributed by atoms with Gasteiger partial charge < -0.3 is 14.4 Å². The highest BCUT2D eigenvalue weighted by Crippen LogP contribution is 2.19. The number of hydrogen-bond acceptors (Lipinski definition) is 5. The molecule has 0 aliphatic rings. The third-order valence-corrected chi connectivity index (χ3v) is 2.33. The number of nitrogens with zero attached hydrogens (tertiary/aromatic N) is 1. The first-order chi connectivity index (χ1) is 8.53. The molecule has 0 heterocycles. The smallest absolute Gasteiger partial charge is 0.337 e. The first kappa shape index (κ1) is 13.7. The van der Waals surface area contributed by atoms with Crippen molar-refractivity contribution in [1.82, 2.24) is 0 Å². The Morgan fingerprint density at radius 3 is 1.83 bits per heavy atom. The molecule has 0 spiro atoms. The van der Waals surface area contributed by atoms with Crippen LogP contribution in [0.4, 0.5) is 5.69 Å². The molecule has 6 heteroatoms. The van der Waals surface area contributed by atoms with E-state index >= 15 is 0 Å². The van der Waals surface area contributed by atoms with E-state index in [1.807, 2.05) is 0 Å². The van der Waals surface area contributed by atoms with Gasteiger partial charge in [0, 0.05) is 12.7 Å². The van der Waals surface area contributed by atoms with E-state index in [0.717, 1.165) is 0 Å². The fourth-order valence-corrected chi connectivity index (χ4v) is 1.35. The lowest BCUT2D eigenvalue weighted by Crippen LogP contribution is -2.16. The number of benzene rings is 1. The predicted molar refractivity (Wildman–Crippen MR) is 63.6 cm³/mol. The number of methoxy groups -OCH3 is 2. The van der Waals surface area contributed by atoms with Crippen LogP contribution in [-0.4, -0.2) is 39.6 Å². The first-order valence-corrected chi connectivity index (χ1v) is 5.03. The minimum atomic E-state index is -0.596. The maximum atomic E-state index is 11.5. The second kappa shape index (κ2) is 5.81. The number of rotatable bonds is 4. The predicted octanol–water partition coefficient (Wildman–Crippen LogP) is 0.852. The number of carbonyl (C=O) groups is 3. The Bertz CT molecular complexity index is 449. The normalized spacial score (nSPS) is 9.50. The molecule has 96 valence electrons. The number of carbonyl (C=O) groups excluding carboxylic acids is 3. The summed E-state index contributed by atoms with van der Waals surface area (Å²) in [6.45, 7) is 0. The SMILES string of the molecule is COC(=O)c1cc(C(=O)OC)cc(N(C)C=O)c1. The van der Waals surface area contributed by atoms with Crippen molar-refractivity contribution in [2.75, 3.05) is 26.2 Å². The molecule has 0 aliphatic heterocycles. The second-order valence-electron chi connectivity index (χ2n) is 3.47. The summed E-state index contributed by atoms with van der Waals surface area (Å²) in [7, 11) is 3.97. The standard InChI is InChI=1S/C12H13NO5/c1-13(7-14)10-5-8(11(15)17-2)4-9(6-10)12(16)18-3/h4-7H,1-3H3. The van der Waals surface area contributed by atoms with E-state index in [1.54, 1.807) is 0 Å². The van der Waals surface area contributed by atoms with Crippen molar-refractivity contribution in [3.63, 3.8) is 0 Å². The van der Waals surface area contributed by atoms with Crippen molar-refractivity contribution in [3.8, 4) is 0 Å². The maximum Gasteiger partial charge on any atom is 0.337 e. The molecule has 0 saturated heterocycles. The Balaban J connectivity index is 3.32. The second-order valence-corrected chi connectivity index (χ2v) is 3.47. The number of esters is 2. The number of hydrogen-bond donors (Lipinski definition) is 0. The van der Waals surface area contributed by atoms with Gasteiger partial charge in [0.1, 0.15) is 0 Å². The van der Waals surface area contributed by atoms with Crippen LogP contribution in [0.25, 0.3) is 0 Å². The van der Waals surface area contributed by atoms with Gasteiger partial charge in [-0.3, -0.25) is 4.79 Å². The molecule has 0 fully saturated rings. The molecule has 0 bridgehead atoms. The summed E-state index contributed by atoms with van der Waals surface area (Å²) in [5.74, 6) is -1.19. The molecule has 1 amide bonds. The summed E-state index contributed by atoms with van der Waals surface area (Å²) in [6, 6.07) is 4.25. The summed E-state index contributed by atoms with van der Waals surface area (Å²) in [4.78, 5) is 34.9. The van der Waals surface area contributed by atoms with Crippen LogP contribution in [0.1, 0.15) is 20.7 Å². The average molecular weight is 251 g/mol. The zero-order chi connectivity index (χ0) is 13.7. The van der Waals surface area contributed by atoms with E-state index in [0.29, 0.717) is 12.1 Å². The molecule has 0 N–H and O–H groups in total. The summed E-state index contributed by atoms with van der Waals surface area (Å²) >= 11 is 0. The van der Waals surface area contributed by atoms with Crippen molar-refractivity contribution in [2.45, 2.75) is 0 Å². The van der Waals surface area contributed by atoms with E-state index in [1.165, 1.54) is 44.4 Å². The van der Waals surface area contributed by atoms with Gasteiger partial charge in [-0.05, 0) is 18.2 Å². The molecular weight excluding hydrogens is 238 g/mol. The van der Waals surface area contributed by atoms with Gasteiger partial charge in [-0.1, -0.05) is 0 Å². The third-order valence-electron chi connectivity index (χ3n) is 2.33. The van der Waals surface area contributed by atoms with Gasteiger partial charge in [-0.2, -0.15) is 0 Å². The Hall–Kier alpha value is -2.37. The molecule has 1 aromatic rings. The van der Waals surface area contributed by atoms with E-state index < -0.39 is 11.9 Å². The van der Waals surface area contributed by atoms with Crippen molar-refractivity contribution in [2.24, 2.45) is 0 Å². The van der Waals surface area contributed by atoms with Gasteiger partial charge in [0.25, 0.3) is 0 Å². The molecule has 0 atom stereocenters. The maximum absolute atomic E-state index is 11.5. The quantitative estimate of drug-likeness (QED) is 0.586. The highest BCUT2D eigenvalue weighted by Gasteiger charge is 2.15. The molecule has 0 radical (unpaired) electrons. The lowest BCUT2D eigenvalue weighted by Gasteiger charge is -2.13. The summed E-state index contributed by atoms with van der Waals surface area (Å²) in [6.07, 6.45) is 0.567. The summed E-state index contributed by atoms with van der Waals surface area (Å²) in [5.41, 5.74) is 0.738. The van der Waals surface area contributed by atoms with Crippen LogP contribution in [0, 0.1) is 0 Å². The van der Waals surface area contributed by atoms with Gasteiger partial charge in [-0.15, -0.1) is 0 Å². The minimum Gasteiger partial charge on any atom is -0.465 e. The minimum absolute atomic E-state index is 0.170. The molecule has 18 heavy (non-hydrogen) atoms. The van der Waals surface area contributed by atoms with Crippen LogP contribution in [0.5, 0.6) is 0 Å². The van der Waals surface area contributed by atoms with E-state index in [-0.39, 0.29) is 11.1 Å². The molecule has 0 unspecified atom stereocenters. The van der Waals surface area contributed by atoms with Gasteiger partial charge in [-0.25, -0.2) is 9.59 Å². The largest absolute Gasteiger partial charge is 0.465 e. The fourth-order valence-electron chi connectivity index (χ4n) is 1.35. The van der Waals surface area contributed by atoms with Crippen molar-refractivity contribution in [3.05, 3.63) is 29.3 Å². The van der Waals surface area contributed by atoms with Crippen LogP contribution in [0.15, 0.2) is 18.2 Å².